The van der Waals surface area contributed by atoms with E-state index in [0.29, 0.717) is 14.5 Å². The minimum Gasteiger partial charge on any atom is -0.266 e. The monoisotopic (exact) mass is 305 g/mol. The van der Waals surface area contributed by atoms with Gasteiger partial charge in [-0.3, -0.25) is 9.59 Å². The van der Waals surface area contributed by atoms with E-state index >= 15 is 0 Å². The molecule has 0 atom stereocenters. The molecule has 0 radical (unpaired) electrons. The van der Waals surface area contributed by atoms with Crippen LogP contribution in [0.2, 0.25) is 5.02 Å². The average molecular weight is 306 g/mol. The molecular formula is C13H8ClN3O2S. The van der Waals surface area contributed by atoms with E-state index in [2.05, 4.69) is 10.1 Å². The molecule has 2 aromatic heterocycles. The van der Waals surface area contributed by atoms with E-state index in [1.165, 1.54) is 6.92 Å². The summed E-state index contributed by atoms with van der Waals surface area (Å²) >= 11 is 6.95. The zero-order valence-corrected chi connectivity index (χ0v) is 11.9. The van der Waals surface area contributed by atoms with E-state index < -0.39 is 5.56 Å². The van der Waals surface area contributed by atoms with E-state index in [9.17, 15) is 9.59 Å². The van der Waals surface area contributed by atoms with Gasteiger partial charge in [0.05, 0.1) is 4.53 Å². The second-order valence-corrected chi connectivity index (χ2v) is 5.61. The highest BCUT2D eigenvalue weighted by molar-refractivity contribution is 7.15. The number of thiazole rings is 1. The Morgan fingerprint density at radius 1 is 1.25 bits per heavy atom. The summed E-state index contributed by atoms with van der Waals surface area (Å²) in [6, 6.07) is 7.10. The summed E-state index contributed by atoms with van der Waals surface area (Å²) in [5, 5.41) is 4.58. The summed E-state index contributed by atoms with van der Waals surface area (Å²) in [7, 11) is 0. The Labute approximate surface area is 121 Å². The number of hydrogen-bond acceptors (Lipinski definition) is 5. The van der Waals surface area contributed by atoms with E-state index in [0.717, 1.165) is 21.4 Å². The van der Waals surface area contributed by atoms with Crippen LogP contribution in [-0.4, -0.2) is 14.6 Å². The summed E-state index contributed by atoms with van der Waals surface area (Å²) in [6.07, 6.45) is 1.72. The lowest BCUT2D eigenvalue weighted by atomic mass is 10.2. The van der Waals surface area contributed by atoms with Gasteiger partial charge in [-0.25, -0.2) is 0 Å². The van der Waals surface area contributed by atoms with Crippen molar-refractivity contribution in [3.05, 3.63) is 65.8 Å². The van der Waals surface area contributed by atoms with Gasteiger partial charge in [0, 0.05) is 5.02 Å². The molecule has 3 rings (SSSR count). The van der Waals surface area contributed by atoms with Crippen LogP contribution in [0.15, 0.2) is 33.9 Å². The number of fused-ring (bicyclic) bond motifs is 1. The number of hydrogen-bond donors (Lipinski definition) is 0. The highest BCUT2D eigenvalue weighted by atomic mass is 35.5. The van der Waals surface area contributed by atoms with Gasteiger partial charge < -0.3 is 0 Å². The molecule has 0 unspecified atom stereocenters. The molecule has 0 saturated heterocycles. The number of aryl methyl sites for hydroxylation is 1. The first kappa shape index (κ1) is 13.0. The second-order valence-electron chi connectivity index (χ2n) is 4.16. The standard InChI is InChI=1S/C13H8ClN3O2S/c1-7-11(18)15-13-17(16-7)12(19)10(20-13)6-8-2-4-9(14)5-3-8/h2-6H,1H3. The van der Waals surface area contributed by atoms with Crippen molar-refractivity contribution in [1.29, 1.82) is 0 Å². The van der Waals surface area contributed by atoms with Gasteiger partial charge in [-0.15, -0.1) is 0 Å². The molecule has 0 bridgehead atoms. The molecule has 2 heterocycles. The summed E-state index contributed by atoms with van der Waals surface area (Å²) in [6.45, 7) is 1.53. The third-order valence-electron chi connectivity index (χ3n) is 2.71. The lowest BCUT2D eigenvalue weighted by molar-refractivity contribution is 0.833. The van der Waals surface area contributed by atoms with Crippen LogP contribution in [0.4, 0.5) is 0 Å². The molecule has 0 fully saturated rings. The molecular weight excluding hydrogens is 298 g/mol. The van der Waals surface area contributed by atoms with Gasteiger partial charge in [0.2, 0.25) is 4.96 Å². The summed E-state index contributed by atoms with van der Waals surface area (Å²) in [4.78, 5) is 27.7. The molecule has 0 saturated carbocycles. The van der Waals surface area contributed by atoms with Gasteiger partial charge in [-0.1, -0.05) is 35.1 Å². The number of aromatic nitrogens is 3. The first-order valence-corrected chi connectivity index (χ1v) is 6.92. The second kappa shape index (κ2) is 4.81. The predicted molar refractivity (Wildman–Crippen MR) is 78.4 cm³/mol. The van der Waals surface area contributed by atoms with Crippen LogP contribution >= 0.6 is 22.9 Å². The van der Waals surface area contributed by atoms with Gasteiger partial charge in [0.25, 0.3) is 11.1 Å². The maximum absolute atomic E-state index is 12.2. The molecule has 3 aromatic rings. The van der Waals surface area contributed by atoms with Crippen LogP contribution in [-0.2, 0) is 0 Å². The van der Waals surface area contributed by atoms with Crippen molar-refractivity contribution in [1.82, 2.24) is 14.6 Å². The lowest BCUT2D eigenvalue weighted by Gasteiger charge is -1.91. The van der Waals surface area contributed by atoms with Gasteiger partial charge in [-0.05, 0) is 30.7 Å². The molecule has 20 heavy (non-hydrogen) atoms. The fourth-order valence-electron chi connectivity index (χ4n) is 1.70. The largest absolute Gasteiger partial charge is 0.295 e. The lowest BCUT2D eigenvalue weighted by Crippen LogP contribution is -2.27. The SMILES string of the molecule is Cc1nn2c(=O)c(=Cc3ccc(Cl)cc3)sc2nc1=O. The predicted octanol–water partition coefficient (Wildman–Crippen LogP) is 1.02. The van der Waals surface area contributed by atoms with Crippen molar-refractivity contribution in [2.24, 2.45) is 0 Å². The van der Waals surface area contributed by atoms with Gasteiger partial charge in [0.1, 0.15) is 5.69 Å². The van der Waals surface area contributed by atoms with E-state index in [4.69, 9.17) is 11.6 Å². The van der Waals surface area contributed by atoms with E-state index in [1.807, 2.05) is 12.1 Å². The Balaban J connectivity index is 2.27. The Kier molecular flexibility index (Phi) is 3.11. The van der Waals surface area contributed by atoms with Crippen molar-refractivity contribution < 1.29 is 0 Å². The van der Waals surface area contributed by atoms with Crippen LogP contribution in [0, 0.1) is 6.92 Å². The van der Waals surface area contributed by atoms with Gasteiger partial charge in [-0.2, -0.15) is 14.6 Å². The smallest absolute Gasteiger partial charge is 0.266 e. The van der Waals surface area contributed by atoms with Gasteiger partial charge >= 0.3 is 0 Å². The first-order chi connectivity index (χ1) is 9.54. The Bertz CT molecular complexity index is 960. The fourth-order valence-corrected chi connectivity index (χ4v) is 2.73. The maximum Gasteiger partial charge on any atom is 0.295 e. The zero-order valence-electron chi connectivity index (χ0n) is 10.3. The van der Waals surface area contributed by atoms with Crippen molar-refractivity contribution in [2.75, 3.05) is 0 Å². The molecule has 5 nitrogen and oxygen atoms in total. The summed E-state index contributed by atoms with van der Waals surface area (Å²) < 4.78 is 1.63. The van der Waals surface area contributed by atoms with Crippen LogP contribution in [0.3, 0.4) is 0 Å². The third-order valence-corrected chi connectivity index (χ3v) is 3.92. The summed E-state index contributed by atoms with van der Waals surface area (Å²) in [5.41, 5.74) is 0.355. The van der Waals surface area contributed by atoms with Crippen LogP contribution in [0.1, 0.15) is 11.3 Å². The third kappa shape index (κ3) is 2.23. The van der Waals surface area contributed by atoms with Crippen molar-refractivity contribution in [3.8, 4) is 0 Å². The minimum atomic E-state index is -0.413. The van der Waals surface area contributed by atoms with Crippen LogP contribution < -0.4 is 15.7 Å². The van der Waals surface area contributed by atoms with Crippen molar-refractivity contribution in [2.45, 2.75) is 6.92 Å². The van der Waals surface area contributed by atoms with Crippen LogP contribution in [0.25, 0.3) is 11.0 Å². The molecule has 100 valence electrons. The number of halogens is 1. The quantitative estimate of drug-likeness (QED) is 0.673. The number of benzene rings is 1. The van der Waals surface area contributed by atoms with E-state index in [-0.39, 0.29) is 11.3 Å². The molecule has 1 aromatic carbocycles. The Hall–Kier alpha value is -2.05. The van der Waals surface area contributed by atoms with E-state index in [1.54, 1.807) is 18.2 Å². The zero-order chi connectivity index (χ0) is 14.3. The molecule has 0 spiro atoms. The molecule has 0 N–H and O–H groups in total. The first-order valence-electron chi connectivity index (χ1n) is 5.72. The number of nitrogens with zero attached hydrogens (tertiary/aromatic N) is 3. The highest BCUT2D eigenvalue weighted by Crippen LogP contribution is 2.09. The number of rotatable bonds is 1. The fraction of sp³-hybridized carbons (Fsp3) is 0.0769. The molecule has 0 aliphatic carbocycles. The maximum atomic E-state index is 12.2. The molecule has 0 amide bonds. The average Bonchev–Trinajstić information content (AvgIpc) is 2.70. The highest BCUT2D eigenvalue weighted by Gasteiger charge is 2.07. The normalized spacial score (nSPS) is 12.2. The van der Waals surface area contributed by atoms with Gasteiger partial charge in [0.15, 0.2) is 0 Å². The molecule has 7 heteroatoms. The Morgan fingerprint density at radius 2 is 1.95 bits per heavy atom. The van der Waals surface area contributed by atoms with Crippen molar-refractivity contribution in [3.63, 3.8) is 0 Å². The summed E-state index contributed by atoms with van der Waals surface area (Å²) in [5.74, 6) is 0. The van der Waals surface area contributed by atoms with Crippen molar-refractivity contribution >= 4 is 34.0 Å². The Morgan fingerprint density at radius 3 is 2.65 bits per heavy atom. The molecule has 0 aliphatic rings. The molecule has 0 aliphatic heterocycles. The topological polar surface area (TPSA) is 64.3 Å². The minimum absolute atomic E-state index is 0.204. The van der Waals surface area contributed by atoms with Crippen LogP contribution in [0.5, 0.6) is 0 Å².